The van der Waals surface area contributed by atoms with Crippen molar-refractivity contribution in [2.75, 3.05) is 18.1 Å². The molecule has 0 N–H and O–H groups in total. The van der Waals surface area contributed by atoms with Gasteiger partial charge in [0.05, 0.1) is 6.04 Å². The minimum Gasteiger partial charge on any atom is -0.332 e. The topological polar surface area (TPSA) is 51.0 Å². The molecule has 1 atom stereocenters. The van der Waals surface area contributed by atoms with Gasteiger partial charge in [-0.1, -0.05) is 23.7 Å². The van der Waals surface area contributed by atoms with Crippen LogP contribution in [0.25, 0.3) is 0 Å². The number of thioether (sulfide) groups is 1. The summed E-state index contributed by atoms with van der Waals surface area (Å²) >= 11 is 7.81. The van der Waals surface area contributed by atoms with Crippen molar-refractivity contribution in [1.29, 1.82) is 0 Å². The third kappa shape index (κ3) is 3.39. The zero-order chi connectivity index (χ0) is 14.7. The first kappa shape index (κ1) is 14.4. The van der Waals surface area contributed by atoms with Gasteiger partial charge in [-0.05, 0) is 17.7 Å². The number of hydrogen-bond donors (Lipinski definition) is 0. The number of carbonyl (C=O) groups is 1. The Balaban J connectivity index is 1.77. The summed E-state index contributed by atoms with van der Waals surface area (Å²) < 4.78 is 1.56. The van der Waals surface area contributed by atoms with E-state index in [1.165, 1.54) is 6.33 Å². The van der Waals surface area contributed by atoms with Gasteiger partial charge in [-0.2, -0.15) is 16.9 Å². The number of aromatic nitrogens is 3. The average Bonchev–Trinajstić information content (AvgIpc) is 3.01. The van der Waals surface area contributed by atoms with Crippen LogP contribution in [0, 0.1) is 0 Å². The van der Waals surface area contributed by atoms with Gasteiger partial charge in [-0.3, -0.25) is 4.79 Å². The Bertz CT molecular complexity index is 602. The number of carbonyl (C=O) groups excluding carboxylic acids is 1. The van der Waals surface area contributed by atoms with E-state index in [-0.39, 0.29) is 18.5 Å². The van der Waals surface area contributed by atoms with E-state index in [0.717, 1.165) is 23.6 Å². The molecule has 21 heavy (non-hydrogen) atoms. The summed E-state index contributed by atoms with van der Waals surface area (Å²) in [6.07, 6.45) is 3.00. The van der Waals surface area contributed by atoms with Gasteiger partial charge < -0.3 is 4.90 Å². The van der Waals surface area contributed by atoms with Crippen LogP contribution in [0.1, 0.15) is 11.6 Å². The van der Waals surface area contributed by atoms with Crippen molar-refractivity contribution in [2.45, 2.75) is 12.6 Å². The summed E-state index contributed by atoms with van der Waals surface area (Å²) in [5.41, 5.74) is 1.12. The molecular weight excluding hydrogens is 308 g/mol. The summed E-state index contributed by atoms with van der Waals surface area (Å²) in [4.78, 5) is 18.3. The van der Waals surface area contributed by atoms with E-state index >= 15 is 0 Å². The predicted molar refractivity (Wildman–Crippen MR) is 83.3 cm³/mol. The fourth-order valence-electron chi connectivity index (χ4n) is 2.41. The highest BCUT2D eigenvalue weighted by molar-refractivity contribution is 7.99. The maximum atomic E-state index is 12.5. The van der Waals surface area contributed by atoms with E-state index in [0.29, 0.717) is 5.02 Å². The van der Waals surface area contributed by atoms with Gasteiger partial charge in [0.15, 0.2) is 0 Å². The molecule has 3 rings (SSSR count). The minimum atomic E-state index is 0.0701. The van der Waals surface area contributed by atoms with Crippen LogP contribution in [0.15, 0.2) is 36.9 Å². The lowest BCUT2D eigenvalue weighted by molar-refractivity contribution is -0.134. The van der Waals surface area contributed by atoms with Crippen LogP contribution in [-0.4, -0.2) is 43.6 Å². The molecule has 1 saturated heterocycles. The zero-order valence-electron chi connectivity index (χ0n) is 11.4. The van der Waals surface area contributed by atoms with Gasteiger partial charge in [0, 0.05) is 23.1 Å². The Labute approximate surface area is 132 Å². The molecule has 5 nitrogen and oxygen atoms in total. The van der Waals surface area contributed by atoms with Crippen molar-refractivity contribution in [3.05, 3.63) is 47.5 Å². The third-order valence-electron chi connectivity index (χ3n) is 3.47. The molecule has 0 radical (unpaired) electrons. The van der Waals surface area contributed by atoms with E-state index in [4.69, 9.17) is 11.6 Å². The Hall–Kier alpha value is -1.53. The first-order valence-corrected chi connectivity index (χ1v) is 8.22. The largest absolute Gasteiger partial charge is 0.332 e. The van der Waals surface area contributed by atoms with Gasteiger partial charge in [-0.15, -0.1) is 0 Å². The Kier molecular flexibility index (Phi) is 4.45. The summed E-state index contributed by atoms with van der Waals surface area (Å²) in [7, 11) is 0. The average molecular weight is 323 g/mol. The molecule has 0 aliphatic carbocycles. The number of amides is 1. The molecule has 1 aromatic carbocycles. The van der Waals surface area contributed by atoms with Crippen LogP contribution in [0.5, 0.6) is 0 Å². The van der Waals surface area contributed by atoms with Crippen molar-refractivity contribution in [3.8, 4) is 0 Å². The number of benzene rings is 1. The van der Waals surface area contributed by atoms with E-state index in [9.17, 15) is 4.79 Å². The molecule has 110 valence electrons. The standard InChI is InChI=1S/C14H15ClN4OS/c15-12-3-1-11(2-4-12)13-8-21-6-5-19(13)14(20)7-18-10-16-9-17-18/h1-4,9-10,13H,5-8H2. The van der Waals surface area contributed by atoms with Gasteiger partial charge in [0.1, 0.15) is 19.2 Å². The number of hydrogen-bond acceptors (Lipinski definition) is 4. The van der Waals surface area contributed by atoms with Crippen LogP contribution < -0.4 is 0 Å². The van der Waals surface area contributed by atoms with Gasteiger partial charge in [0.25, 0.3) is 0 Å². The Morgan fingerprint density at radius 2 is 2.19 bits per heavy atom. The maximum absolute atomic E-state index is 12.5. The number of halogens is 1. The quantitative estimate of drug-likeness (QED) is 0.869. The lowest BCUT2D eigenvalue weighted by Gasteiger charge is -2.35. The van der Waals surface area contributed by atoms with Crippen LogP contribution >= 0.6 is 23.4 Å². The predicted octanol–water partition coefficient (Wildman–Crippen LogP) is 2.25. The maximum Gasteiger partial charge on any atom is 0.244 e. The molecule has 2 heterocycles. The van der Waals surface area contributed by atoms with Gasteiger partial charge >= 0.3 is 0 Å². The van der Waals surface area contributed by atoms with Crippen molar-refractivity contribution >= 4 is 29.3 Å². The van der Waals surface area contributed by atoms with E-state index in [1.54, 1.807) is 11.0 Å². The highest BCUT2D eigenvalue weighted by atomic mass is 35.5. The lowest BCUT2D eigenvalue weighted by Crippen LogP contribution is -2.42. The molecule has 1 unspecified atom stereocenters. The number of rotatable bonds is 3. The minimum absolute atomic E-state index is 0.0701. The molecule has 1 amide bonds. The molecule has 0 bridgehead atoms. The smallest absolute Gasteiger partial charge is 0.244 e. The van der Waals surface area contributed by atoms with Crippen molar-refractivity contribution in [2.24, 2.45) is 0 Å². The fourth-order valence-corrected chi connectivity index (χ4v) is 3.62. The molecule has 1 aliphatic heterocycles. The molecule has 7 heteroatoms. The fraction of sp³-hybridized carbons (Fsp3) is 0.357. The first-order valence-electron chi connectivity index (χ1n) is 6.69. The second-order valence-corrected chi connectivity index (χ2v) is 6.41. The normalized spacial score (nSPS) is 18.7. The molecule has 1 fully saturated rings. The van der Waals surface area contributed by atoms with Crippen molar-refractivity contribution in [1.82, 2.24) is 19.7 Å². The van der Waals surface area contributed by atoms with Crippen LogP contribution in [0.2, 0.25) is 5.02 Å². The van der Waals surface area contributed by atoms with Gasteiger partial charge in [0.2, 0.25) is 5.91 Å². The molecule has 1 aromatic heterocycles. The second kappa shape index (κ2) is 6.49. The highest BCUT2D eigenvalue weighted by Gasteiger charge is 2.28. The van der Waals surface area contributed by atoms with Crippen molar-refractivity contribution in [3.63, 3.8) is 0 Å². The molecule has 2 aromatic rings. The van der Waals surface area contributed by atoms with E-state index in [2.05, 4.69) is 10.1 Å². The second-order valence-electron chi connectivity index (χ2n) is 4.82. The van der Waals surface area contributed by atoms with Crippen LogP contribution in [0.4, 0.5) is 0 Å². The SMILES string of the molecule is O=C(Cn1cncn1)N1CCSCC1c1ccc(Cl)cc1. The summed E-state index contributed by atoms with van der Waals surface area (Å²) in [6.45, 7) is 0.986. The number of nitrogens with zero attached hydrogens (tertiary/aromatic N) is 4. The first-order chi connectivity index (χ1) is 10.2. The Morgan fingerprint density at radius 1 is 1.38 bits per heavy atom. The molecular formula is C14H15ClN4OS. The lowest BCUT2D eigenvalue weighted by atomic mass is 10.1. The van der Waals surface area contributed by atoms with Crippen LogP contribution in [-0.2, 0) is 11.3 Å². The molecule has 0 saturated carbocycles. The third-order valence-corrected chi connectivity index (χ3v) is 4.74. The molecule has 0 spiro atoms. The molecule has 1 aliphatic rings. The summed E-state index contributed by atoms with van der Waals surface area (Å²) in [5, 5.41) is 4.71. The monoisotopic (exact) mass is 322 g/mol. The summed E-state index contributed by atoms with van der Waals surface area (Å²) in [6, 6.07) is 7.83. The van der Waals surface area contributed by atoms with E-state index in [1.807, 2.05) is 40.9 Å². The van der Waals surface area contributed by atoms with E-state index < -0.39 is 0 Å². The summed E-state index contributed by atoms with van der Waals surface area (Å²) in [5.74, 6) is 1.94. The van der Waals surface area contributed by atoms with Gasteiger partial charge in [-0.25, -0.2) is 9.67 Å². The highest BCUT2D eigenvalue weighted by Crippen LogP contribution is 2.30. The zero-order valence-corrected chi connectivity index (χ0v) is 12.9. The van der Waals surface area contributed by atoms with Crippen molar-refractivity contribution < 1.29 is 4.79 Å². The Morgan fingerprint density at radius 3 is 2.90 bits per heavy atom. The van der Waals surface area contributed by atoms with Crippen LogP contribution in [0.3, 0.4) is 0 Å².